The van der Waals surface area contributed by atoms with E-state index in [0.29, 0.717) is 85.3 Å². The standard InChI is InChI=1S/C17H21N3O7.C17H14N2O5.C14H15N3O6.C13H12N2O7.C10H8N2O6.C10H7NO2.C6H7NO4.CH4/c1-12-2-3-16(24)20(12)27-17(25)7-10-26-11-8-18-13(21)6-9-19-14(22)4-5-15(19)23;1-11-2-7-16(22)19(11)24-17(23)10-12-3-5-13(6-4-12)18-14(20)8-9-15(18)21;1-9-2-3-13(21)17(9)23-14(22)8-15-10(18)6-7-16-11(19)4-5-12(16)20;1-8-2-3-11(18)15(8)22-13(20)6-12(19)21-7-14-9(16)4-5-10(14)17;13-6-1-2-7(14)11(6)5-10(17)18-12-8(15)3-4-9(12)16;12-9-6-7-10(13)11(9)8-4-2-1-3-5-8;1-4(8)11-7-5(9)2-3-6(7)10;/h4-5H,1-3,6-11H2,(H,18,21);3-6,8-9H,1-2,7,10H2;4-5H,1-3,6-8H2,(H,15,18);4-5H,1-3,6-7H2;1-2H,3-5H2;1-7H;2-3H2,1H3;1H4. The van der Waals surface area contributed by atoms with E-state index in [9.17, 15) is 139 Å². The number of carbonyl (C=O) groups excluding carboxylic acids is 29. The number of ether oxygens (including phenoxy) is 2. The number of nitrogens with zero attached hydrogens (tertiary/aromatic N) is 12. The average molecular weight is 1930 g/mol. The molecule has 139 heavy (non-hydrogen) atoms. The Morgan fingerprint density at radius 2 is 0.640 bits per heavy atom. The Hall–Kier alpha value is -18.0. The van der Waals surface area contributed by atoms with E-state index in [0.717, 1.165) is 95.4 Å². The first-order valence-corrected chi connectivity index (χ1v) is 41.1. The number of anilines is 2. The summed E-state index contributed by atoms with van der Waals surface area (Å²) in [5.41, 5.74) is 3.29. The molecule has 12 aliphatic rings. The van der Waals surface area contributed by atoms with Crippen LogP contribution in [-0.2, 0) is 184 Å². The van der Waals surface area contributed by atoms with Crippen molar-refractivity contribution in [3.63, 3.8) is 0 Å². The molecule has 0 aliphatic carbocycles. The zero-order valence-electron chi connectivity index (χ0n) is 73.1. The Morgan fingerprint density at radius 3 is 1.03 bits per heavy atom. The van der Waals surface area contributed by atoms with E-state index in [1.54, 1.807) is 48.5 Å². The number of benzene rings is 2. The summed E-state index contributed by atoms with van der Waals surface area (Å²) < 4.78 is 9.85. The highest BCUT2D eigenvalue weighted by Gasteiger charge is 2.39. The minimum Gasteiger partial charge on any atom is -0.443 e. The minimum atomic E-state index is -1.02. The molecule has 6 saturated heterocycles. The second kappa shape index (κ2) is 51.3. The normalized spacial score (nSPS) is 17.1. The number of carbonyl (C=O) groups is 29. The molecule has 51 heteroatoms. The molecule has 2 N–H and O–H groups in total. The van der Waals surface area contributed by atoms with Gasteiger partial charge in [-0.3, -0.25) is 125 Å². The van der Waals surface area contributed by atoms with Gasteiger partial charge in [0.05, 0.1) is 60.2 Å². The van der Waals surface area contributed by atoms with Gasteiger partial charge in [-0.05, 0) is 55.5 Å². The maximum atomic E-state index is 11.9. The van der Waals surface area contributed by atoms with E-state index in [1.165, 1.54) is 24.3 Å². The van der Waals surface area contributed by atoms with Crippen LogP contribution in [0.3, 0.4) is 0 Å². The number of para-hydroxylation sites is 1. The number of imide groups is 8. The van der Waals surface area contributed by atoms with Crippen molar-refractivity contribution < 1.29 is 178 Å². The Labute approximate surface area is 786 Å². The zero-order chi connectivity index (χ0) is 101. The first kappa shape index (κ1) is 108. The van der Waals surface area contributed by atoms with Gasteiger partial charge < -0.3 is 49.1 Å². The van der Waals surface area contributed by atoms with E-state index in [1.807, 2.05) is 6.07 Å². The van der Waals surface area contributed by atoms with Crippen molar-refractivity contribution >= 4 is 183 Å². The van der Waals surface area contributed by atoms with Crippen LogP contribution in [0, 0.1) is 0 Å². The first-order valence-electron chi connectivity index (χ1n) is 41.1. The Kier molecular flexibility index (Phi) is 39.9. The molecule has 12 heterocycles. The molecule has 14 rings (SSSR count). The lowest BCUT2D eigenvalue weighted by Crippen LogP contribution is -2.40. The fraction of sp³-hybridized carbons (Fsp3) is 0.307. The third kappa shape index (κ3) is 31.9. The van der Waals surface area contributed by atoms with Crippen LogP contribution < -0.4 is 20.4 Å². The lowest BCUT2D eigenvalue weighted by atomic mass is 10.1. The van der Waals surface area contributed by atoms with Crippen LogP contribution >= 0.6 is 0 Å². The molecule has 2 aromatic carbocycles. The number of hydrogen-bond donors (Lipinski definition) is 2. The molecule has 22 amide bonds. The summed E-state index contributed by atoms with van der Waals surface area (Å²) in [7, 11) is 0. The number of hydroxylamine groups is 12. The van der Waals surface area contributed by atoms with Crippen LogP contribution in [0.25, 0.3) is 0 Å². The Morgan fingerprint density at radius 1 is 0.317 bits per heavy atom. The van der Waals surface area contributed by atoms with Crippen molar-refractivity contribution in [2.45, 2.75) is 124 Å². The van der Waals surface area contributed by atoms with Gasteiger partial charge in [-0.1, -0.05) is 64.1 Å². The van der Waals surface area contributed by atoms with Gasteiger partial charge in [0.1, 0.15) is 19.5 Å². The van der Waals surface area contributed by atoms with Gasteiger partial charge in [0.15, 0.2) is 6.73 Å². The van der Waals surface area contributed by atoms with Gasteiger partial charge in [0.25, 0.3) is 118 Å². The van der Waals surface area contributed by atoms with Gasteiger partial charge in [-0.25, -0.2) is 43.5 Å². The molecular formula is C88H88N14O37. The van der Waals surface area contributed by atoms with Crippen LogP contribution in [0.15, 0.2) is 177 Å². The number of nitrogens with one attached hydrogen (secondary N) is 2. The van der Waals surface area contributed by atoms with E-state index in [-0.39, 0.29) is 153 Å². The zero-order valence-corrected chi connectivity index (χ0v) is 73.1. The second-order valence-electron chi connectivity index (χ2n) is 29.1. The third-order valence-electron chi connectivity index (χ3n) is 19.0. The number of esters is 1. The van der Waals surface area contributed by atoms with Crippen LogP contribution in [0.5, 0.6) is 0 Å². The number of amides is 22. The first-order chi connectivity index (χ1) is 65.5. The van der Waals surface area contributed by atoms with Crippen molar-refractivity contribution in [3.8, 4) is 0 Å². The van der Waals surface area contributed by atoms with Gasteiger partial charge in [-0.2, -0.15) is 0 Å². The summed E-state index contributed by atoms with van der Waals surface area (Å²) in [4.78, 5) is 362. The second-order valence-corrected chi connectivity index (χ2v) is 29.1. The summed E-state index contributed by atoms with van der Waals surface area (Å²) in [6.07, 6.45) is 15.6. The molecule has 0 saturated carbocycles. The molecule has 0 aromatic heterocycles. The van der Waals surface area contributed by atoms with Gasteiger partial charge in [0, 0.05) is 164 Å². The Balaban J connectivity index is 0.000000224. The summed E-state index contributed by atoms with van der Waals surface area (Å²) in [5.74, 6) is -15.8. The molecule has 732 valence electrons. The highest BCUT2D eigenvalue weighted by atomic mass is 16.7. The molecule has 0 bridgehead atoms. The Bertz CT molecular complexity index is 5460. The van der Waals surface area contributed by atoms with Crippen LogP contribution in [0.2, 0.25) is 0 Å². The molecule has 51 nitrogen and oxygen atoms in total. The number of allylic oxidation sites excluding steroid dienone is 4. The molecule has 0 spiro atoms. The summed E-state index contributed by atoms with van der Waals surface area (Å²) >= 11 is 0. The maximum absolute atomic E-state index is 11.9. The van der Waals surface area contributed by atoms with E-state index in [4.69, 9.17) is 24.1 Å². The van der Waals surface area contributed by atoms with Crippen molar-refractivity contribution in [1.29, 1.82) is 0 Å². The maximum Gasteiger partial charge on any atom is 0.352 e. The molecule has 6 fully saturated rings. The quantitative estimate of drug-likeness (QED) is 0.0408. The summed E-state index contributed by atoms with van der Waals surface area (Å²) in [5, 5.41) is 9.16. The van der Waals surface area contributed by atoms with Crippen LogP contribution in [0.1, 0.15) is 123 Å². The SMILES string of the molecule is C.C=C1CCC(=O)N1OC(=O)CC(=O)OCN1C(=O)C=CC1=O.C=C1CCC(=O)N1OC(=O)CCOCCNC(=O)CCN1C(=O)C=CC1=O.C=C1CCC(=O)N1OC(=O)CNC(=O)CCN1C(=O)C=CC1=O.C=C1CCC(=O)N1OC(=O)Cc1ccc(N2C(=O)C=CC2=O)cc1.CC(=O)ON1C(=O)CCC1=O.O=C(CN1C(=O)C=CC1=O)ON1C(=O)CCC1=O.O=C1C=CC(=O)N1c1ccccc1. The van der Waals surface area contributed by atoms with Crippen molar-refractivity contribution in [3.05, 3.63) is 182 Å². The van der Waals surface area contributed by atoms with Crippen LogP contribution in [0.4, 0.5) is 11.4 Å². The molecular weight excluding hydrogens is 1850 g/mol. The van der Waals surface area contributed by atoms with E-state index < -0.39 is 163 Å². The molecule has 2 aromatic rings. The molecule has 0 radical (unpaired) electrons. The molecule has 0 atom stereocenters. The van der Waals surface area contributed by atoms with Crippen molar-refractivity contribution in [1.82, 2.24) is 60.6 Å². The average Bonchev–Trinajstić information content (AvgIpc) is 1.70. The predicted molar refractivity (Wildman–Crippen MR) is 457 cm³/mol. The highest BCUT2D eigenvalue weighted by molar-refractivity contribution is 6.29. The summed E-state index contributed by atoms with van der Waals surface area (Å²) in [6.45, 7) is 14.3. The van der Waals surface area contributed by atoms with Gasteiger partial charge in [-0.15, -0.1) is 30.4 Å². The van der Waals surface area contributed by atoms with E-state index in [2.05, 4.69) is 51.4 Å². The highest BCUT2D eigenvalue weighted by Crippen LogP contribution is 2.27. The summed E-state index contributed by atoms with van der Waals surface area (Å²) in [6, 6.07) is 15.2. The van der Waals surface area contributed by atoms with Crippen molar-refractivity contribution in [2.24, 2.45) is 0 Å². The monoisotopic (exact) mass is 1930 g/mol. The fourth-order valence-electron chi connectivity index (χ4n) is 12.1. The van der Waals surface area contributed by atoms with E-state index >= 15 is 0 Å². The number of rotatable bonds is 30. The third-order valence-corrected chi connectivity index (χ3v) is 19.0. The predicted octanol–water partition coefficient (Wildman–Crippen LogP) is -1.04. The molecule has 12 aliphatic heterocycles. The largest absolute Gasteiger partial charge is 0.443 e. The smallest absolute Gasteiger partial charge is 0.352 e. The van der Waals surface area contributed by atoms with Crippen molar-refractivity contribution in [2.75, 3.05) is 62.5 Å². The number of hydrogen-bond acceptors (Lipinski definition) is 37. The fourth-order valence-corrected chi connectivity index (χ4v) is 12.1. The topological polar surface area (TPSA) is 632 Å². The van der Waals surface area contributed by atoms with Gasteiger partial charge in [0.2, 0.25) is 11.8 Å². The lowest BCUT2D eigenvalue weighted by Gasteiger charge is -2.16. The molecule has 0 unspecified atom stereocenters. The van der Waals surface area contributed by atoms with Crippen LogP contribution in [-0.4, -0.2) is 274 Å². The lowest BCUT2D eigenvalue weighted by molar-refractivity contribution is -0.198. The minimum absolute atomic E-state index is 0. The van der Waals surface area contributed by atoms with Gasteiger partial charge >= 0.3 is 41.8 Å².